The van der Waals surface area contributed by atoms with Crippen LogP contribution in [0.1, 0.15) is 50.2 Å². The van der Waals surface area contributed by atoms with Crippen molar-refractivity contribution in [3.05, 3.63) is 133 Å². The third kappa shape index (κ3) is 5.88. The van der Waals surface area contributed by atoms with Crippen molar-refractivity contribution in [3.8, 4) is 5.75 Å². The zero-order valence-electron chi connectivity index (χ0n) is 24.2. The molecule has 4 aromatic carbocycles. The number of carbonyl (C=O) groups is 2. The van der Waals surface area contributed by atoms with Gasteiger partial charge in [-0.25, -0.2) is 9.59 Å². The Bertz CT molecular complexity index is 1870. The Hall–Kier alpha value is -4.94. The van der Waals surface area contributed by atoms with Gasteiger partial charge in [0.2, 0.25) is 0 Å². The molecule has 1 aliphatic carbocycles. The number of carbonyl (C=O) groups excluding carboxylic acids is 2. The Morgan fingerprint density at radius 2 is 1.67 bits per heavy atom. The number of fused-ring (bicyclic) bond motifs is 3. The Morgan fingerprint density at radius 3 is 2.43 bits per heavy atom. The van der Waals surface area contributed by atoms with Crippen LogP contribution in [0.5, 0.6) is 5.75 Å². The van der Waals surface area contributed by atoms with Crippen molar-refractivity contribution in [2.45, 2.75) is 33.9 Å². The standard InChI is InChI=1S/C33H26ClN3O8S/c1-44-33(39)21-9-2-4-11-26(21)45-32(38)19-13-14-24-22(16-19)29-23(31(35-24)18-7-6-8-20(15-18)36(40)41)17-28(30(29)34)46-27-12-5-3-10-25(27)37(42)43/h2-16,23,28-31,35H,17H2,1H3/t23-,28+,29-,30+,31+/m0/s1. The highest BCUT2D eigenvalue weighted by molar-refractivity contribution is 8.00. The molecule has 1 heterocycles. The fraction of sp³-hybridized carbons (Fsp3) is 0.212. The number of benzene rings is 4. The number of hydrogen-bond donors (Lipinski definition) is 1. The number of non-ortho nitro benzene ring substituents is 1. The third-order valence-electron chi connectivity index (χ3n) is 8.32. The van der Waals surface area contributed by atoms with Gasteiger partial charge in [-0.05, 0) is 59.9 Å². The molecule has 1 aliphatic heterocycles. The van der Waals surface area contributed by atoms with E-state index in [9.17, 15) is 29.8 Å². The molecular weight excluding hydrogens is 634 g/mol. The van der Waals surface area contributed by atoms with Crippen LogP contribution in [0.4, 0.5) is 17.1 Å². The maximum atomic E-state index is 13.4. The predicted molar refractivity (Wildman–Crippen MR) is 172 cm³/mol. The maximum absolute atomic E-state index is 13.4. The summed E-state index contributed by atoms with van der Waals surface area (Å²) >= 11 is 8.57. The molecule has 11 nitrogen and oxygen atoms in total. The molecule has 6 rings (SSSR count). The number of halogens is 1. The summed E-state index contributed by atoms with van der Waals surface area (Å²) in [6.45, 7) is 0. The van der Waals surface area contributed by atoms with E-state index in [1.54, 1.807) is 54.6 Å². The largest absolute Gasteiger partial charge is 0.465 e. The molecule has 234 valence electrons. The van der Waals surface area contributed by atoms with Gasteiger partial charge in [0, 0.05) is 35.1 Å². The van der Waals surface area contributed by atoms with Crippen LogP contribution < -0.4 is 10.1 Å². The van der Waals surface area contributed by atoms with E-state index in [-0.39, 0.29) is 51.4 Å². The summed E-state index contributed by atoms with van der Waals surface area (Å²) in [6.07, 6.45) is 0.538. The summed E-state index contributed by atoms with van der Waals surface area (Å²) in [5.74, 6) is -1.78. The Balaban J connectivity index is 1.37. The summed E-state index contributed by atoms with van der Waals surface area (Å²) in [7, 11) is 1.24. The van der Waals surface area contributed by atoms with Crippen molar-refractivity contribution in [2.24, 2.45) is 5.92 Å². The molecule has 0 amide bonds. The van der Waals surface area contributed by atoms with Gasteiger partial charge in [-0.15, -0.1) is 23.4 Å². The van der Waals surface area contributed by atoms with E-state index in [4.69, 9.17) is 21.1 Å². The first-order chi connectivity index (χ1) is 22.2. The van der Waals surface area contributed by atoms with E-state index >= 15 is 0 Å². The van der Waals surface area contributed by atoms with Crippen molar-refractivity contribution < 1.29 is 28.9 Å². The second-order valence-electron chi connectivity index (χ2n) is 10.9. The molecule has 1 fully saturated rings. The van der Waals surface area contributed by atoms with Crippen LogP contribution in [-0.2, 0) is 4.74 Å². The number of nitrogens with zero attached hydrogens (tertiary/aromatic N) is 2. The lowest BCUT2D eigenvalue weighted by atomic mass is 9.76. The minimum atomic E-state index is -0.688. The van der Waals surface area contributed by atoms with Crippen LogP contribution in [0, 0.1) is 26.1 Å². The fourth-order valence-corrected chi connectivity index (χ4v) is 8.21. The van der Waals surface area contributed by atoms with Crippen LogP contribution in [-0.4, -0.2) is 39.5 Å². The molecule has 4 aromatic rings. The first kappa shape index (κ1) is 31.1. The molecule has 0 spiro atoms. The van der Waals surface area contributed by atoms with Gasteiger partial charge in [0.25, 0.3) is 11.4 Å². The average Bonchev–Trinajstić information content (AvgIpc) is 3.39. The van der Waals surface area contributed by atoms with Crippen LogP contribution in [0.15, 0.2) is 95.9 Å². The van der Waals surface area contributed by atoms with Crippen LogP contribution >= 0.6 is 23.4 Å². The number of nitro benzene ring substituents is 2. The molecule has 0 aromatic heterocycles. The van der Waals surface area contributed by atoms with E-state index in [0.717, 1.165) is 5.56 Å². The minimum Gasteiger partial charge on any atom is -0.465 e. The first-order valence-corrected chi connectivity index (χ1v) is 15.6. The normalized spacial score (nSPS) is 21.3. The predicted octanol–water partition coefficient (Wildman–Crippen LogP) is 7.55. The van der Waals surface area contributed by atoms with E-state index in [0.29, 0.717) is 22.6 Å². The number of thioether (sulfide) groups is 1. The van der Waals surface area contributed by atoms with Gasteiger partial charge in [0.15, 0.2) is 0 Å². The highest BCUT2D eigenvalue weighted by Crippen LogP contribution is 2.58. The molecule has 0 unspecified atom stereocenters. The molecule has 46 heavy (non-hydrogen) atoms. The number of alkyl halides is 1. The fourth-order valence-electron chi connectivity index (χ4n) is 6.27. The highest BCUT2D eigenvalue weighted by atomic mass is 35.5. The van der Waals surface area contributed by atoms with Crippen LogP contribution in [0.25, 0.3) is 0 Å². The van der Waals surface area contributed by atoms with Crippen molar-refractivity contribution in [1.82, 2.24) is 0 Å². The van der Waals surface area contributed by atoms with E-state index in [2.05, 4.69) is 5.32 Å². The Kier molecular flexibility index (Phi) is 8.65. The number of hydrogen-bond acceptors (Lipinski definition) is 10. The molecule has 13 heteroatoms. The minimum absolute atomic E-state index is 0.0164. The molecule has 1 N–H and O–H groups in total. The number of methoxy groups -OCH3 is 1. The maximum Gasteiger partial charge on any atom is 0.343 e. The monoisotopic (exact) mass is 659 g/mol. The number of rotatable bonds is 8. The van der Waals surface area contributed by atoms with Gasteiger partial charge in [0.05, 0.1) is 38.8 Å². The summed E-state index contributed by atoms with van der Waals surface area (Å²) < 4.78 is 10.4. The second kappa shape index (κ2) is 12.8. The number of nitrogens with one attached hydrogen (secondary N) is 1. The SMILES string of the molecule is COC(=O)c1ccccc1OC(=O)c1ccc2c(c1)[C@@H]1[C@H](Cl)[C@H](Sc3ccccc3[N+](=O)[O-])C[C@@H]1[C@@H](c1cccc([N+](=O)[O-])c1)N2. The van der Waals surface area contributed by atoms with E-state index in [1.165, 1.54) is 49.2 Å². The number of nitro groups is 2. The molecular formula is C33H26ClN3O8S. The van der Waals surface area contributed by atoms with E-state index in [1.807, 2.05) is 6.07 Å². The Morgan fingerprint density at radius 1 is 0.913 bits per heavy atom. The number of esters is 2. The highest BCUT2D eigenvalue weighted by Gasteiger charge is 2.50. The van der Waals surface area contributed by atoms with Crippen molar-refractivity contribution in [1.29, 1.82) is 0 Å². The summed E-state index contributed by atoms with van der Waals surface area (Å²) in [6, 6.07) is 23.9. The lowest BCUT2D eigenvalue weighted by Gasteiger charge is -2.38. The quantitative estimate of drug-likeness (QED) is 0.0660. The van der Waals surface area contributed by atoms with Gasteiger partial charge in [-0.3, -0.25) is 20.2 Å². The molecule has 0 radical (unpaired) electrons. The third-order valence-corrected chi connectivity index (χ3v) is 10.4. The first-order valence-electron chi connectivity index (χ1n) is 14.2. The molecule has 0 bridgehead atoms. The zero-order valence-corrected chi connectivity index (χ0v) is 25.8. The van der Waals surface area contributed by atoms with Crippen LogP contribution in [0.3, 0.4) is 0 Å². The van der Waals surface area contributed by atoms with Crippen molar-refractivity contribution in [2.75, 3.05) is 12.4 Å². The number of anilines is 1. The number of para-hydroxylation sites is 2. The molecule has 5 atom stereocenters. The molecule has 2 aliphatic rings. The second-order valence-corrected chi connectivity index (χ2v) is 12.7. The Labute approximate surface area is 272 Å². The lowest BCUT2D eigenvalue weighted by Crippen LogP contribution is -2.31. The van der Waals surface area contributed by atoms with Gasteiger partial charge in [-0.2, -0.15) is 0 Å². The van der Waals surface area contributed by atoms with Gasteiger partial charge in [-0.1, -0.05) is 36.4 Å². The van der Waals surface area contributed by atoms with Crippen molar-refractivity contribution >= 4 is 52.4 Å². The van der Waals surface area contributed by atoms with E-state index < -0.39 is 27.2 Å². The van der Waals surface area contributed by atoms with Gasteiger partial charge < -0.3 is 14.8 Å². The smallest absolute Gasteiger partial charge is 0.343 e. The summed E-state index contributed by atoms with van der Waals surface area (Å²) in [5, 5.41) is 26.1. The van der Waals surface area contributed by atoms with Crippen molar-refractivity contribution in [3.63, 3.8) is 0 Å². The van der Waals surface area contributed by atoms with Gasteiger partial charge in [0.1, 0.15) is 11.3 Å². The number of ether oxygens (including phenoxy) is 2. The topological polar surface area (TPSA) is 151 Å². The summed E-state index contributed by atoms with van der Waals surface area (Å²) in [5.41, 5.74) is 2.43. The molecule has 1 saturated carbocycles. The lowest BCUT2D eigenvalue weighted by molar-refractivity contribution is -0.387. The van der Waals surface area contributed by atoms with Gasteiger partial charge >= 0.3 is 11.9 Å². The average molecular weight is 660 g/mol. The van der Waals surface area contributed by atoms with Crippen LogP contribution in [0.2, 0.25) is 0 Å². The zero-order chi connectivity index (χ0) is 32.5. The summed E-state index contributed by atoms with van der Waals surface area (Å²) in [4.78, 5) is 48.6. The molecule has 0 saturated heterocycles.